The van der Waals surface area contributed by atoms with Crippen LogP contribution >= 0.6 is 24.8 Å². The monoisotopic (exact) mass is 300 g/mol. The van der Waals surface area contributed by atoms with Crippen LogP contribution in [0.3, 0.4) is 0 Å². The highest BCUT2D eigenvalue weighted by Gasteiger charge is 2.05. The Morgan fingerprint density at radius 2 is 1.68 bits per heavy atom. The summed E-state index contributed by atoms with van der Waals surface area (Å²) < 4.78 is 0. The topological polar surface area (TPSA) is 45.1 Å². The molecule has 2 rings (SSSR count). The third-order valence-corrected chi connectivity index (χ3v) is 2.55. The van der Waals surface area contributed by atoms with Gasteiger partial charge in [-0.05, 0) is 17.7 Å². The van der Waals surface area contributed by atoms with Crippen LogP contribution in [0.2, 0.25) is 0 Å². The van der Waals surface area contributed by atoms with E-state index in [0.29, 0.717) is 13.1 Å². The lowest BCUT2D eigenvalue weighted by Crippen LogP contribution is -2.21. The van der Waals surface area contributed by atoms with Crippen molar-refractivity contribution in [1.29, 1.82) is 0 Å². The molecule has 0 fully saturated rings. The van der Waals surface area contributed by atoms with Gasteiger partial charge in [0.05, 0.1) is 11.8 Å². The molecule has 1 atom stereocenters. The first-order valence-corrected chi connectivity index (χ1v) is 5.70. The number of rotatable bonds is 5. The van der Waals surface area contributed by atoms with Crippen molar-refractivity contribution in [2.75, 3.05) is 6.54 Å². The van der Waals surface area contributed by atoms with Crippen LogP contribution < -0.4 is 5.32 Å². The van der Waals surface area contributed by atoms with Gasteiger partial charge in [-0.15, -0.1) is 24.8 Å². The Morgan fingerprint density at radius 1 is 1.00 bits per heavy atom. The fourth-order valence-corrected chi connectivity index (χ4v) is 1.63. The van der Waals surface area contributed by atoms with Crippen LogP contribution in [-0.2, 0) is 6.54 Å². The summed E-state index contributed by atoms with van der Waals surface area (Å²) >= 11 is 0. The number of aliphatic hydroxyl groups excluding tert-OH is 1. The van der Waals surface area contributed by atoms with E-state index in [2.05, 4.69) is 10.3 Å². The lowest BCUT2D eigenvalue weighted by molar-refractivity contribution is 0.174. The molecule has 2 N–H and O–H groups in total. The number of halogens is 2. The average Bonchev–Trinajstić information content (AvgIpc) is 2.41. The quantitative estimate of drug-likeness (QED) is 0.892. The van der Waals surface area contributed by atoms with E-state index < -0.39 is 6.10 Å². The number of pyridine rings is 1. The van der Waals surface area contributed by atoms with E-state index in [9.17, 15) is 5.11 Å². The molecular formula is C14H18Cl2N2O. The zero-order valence-corrected chi connectivity index (χ0v) is 12.0. The molecule has 0 spiro atoms. The summed E-state index contributed by atoms with van der Waals surface area (Å²) in [6.07, 6.45) is 1.30. The molecule has 0 aliphatic carbocycles. The summed E-state index contributed by atoms with van der Waals surface area (Å²) in [5.74, 6) is 0. The van der Waals surface area contributed by atoms with Gasteiger partial charge in [-0.3, -0.25) is 4.98 Å². The standard InChI is InChI=1S/C14H16N2O.2ClH/c17-14(12-6-2-1-3-7-12)11-15-10-13-8-4-5-9-16-13;;/h1-9,14-15,17H,10-11H2;2*1H. The molecule has 1 heterocycles. The Labute approximate surface area is 125 Å². The van der Waals surface area contributed by atoms with Crippen LogP contribution in [-0.4, -0.2) is 16.6 Å². The van der Waals surface area contributed by atoms with Gasteiger partial charge in [0.15, 0.2) is 0 Å². The van der Waals surface area contributed by atoms with Crippen LogP contribution in [0.1, 0.15) is 17.4 Å². The Bertz CT molecular complexity index is 440. The van der Waals surface area contributed by atoms with E-state index in [4.69, 9.17) is 0 Å². The number of aliphatic hydroxyl groups is 1. The molecule has 0 aliphatic heterocycles. The van der Waals surface area contributed by atoms with Crippen molar-refractivity contribution in [3.63, 3.8) is 0 Å². The van der Waals surface area contributed by atoms with Gasteiger partial charge in [-0.1, -0.05) is 36.4 Å². The van der Waals surface area contributed by atoms with Gasteiger partial charge in [0.25, 0.3) is 0 Å². The van der Waals surface area contributed by atoms with Crippen molar-refractivity contribution < 1.29 is 5.11 Å². The first kappa shape index (κ1) is 17.9. The zero-order chi connectivity index (χ0) is 11.9. The minimum Gasteiger partial charge on any atom is -0.387 e. The van der Waals surface area contributed by atoms with Gasteiger partial charge in [-0.2, -0.15) is 0 Å². The Morgan fingerprint density at radius 3 is 2.32 bits per heavy atom. The largest absolute Gasteiger partial charge is 0.387 e. The van der Waals surface area contributed by atoms with Crippen LogP contribution in [0.15, 0.2) is 54.7 Å². The molecule has 19 heavy (non-hydrogen) atoms. The number of benzene rings is 1. The third-order valence-electron chi connectivity index (χ3n) is 2.55. The van der Waals surface area contributed by atoms with Crippen LogP contribution in [0, 0.1) is 0 Å². The van der Waals surface area contributed by atoms with Crippen LogP contribution in [0.5, 0.6) is 0 Å². The normalized spacial score (nSPS) is 11.0. The molecule has 0 aliphatic rings. The van der Waals surface area contributed by atoms with Gasteiger partial charge in [0.1, 0.15) is 0 Å². The van der Waals surface area contributed by atoms with E-state index in [-0.39, 0.29) is 24.8 Å². The van der Waals surface area contributed by atoms with Gasteiger partial charge in [0, 0.05) is 19.3 Å². The molecule has 1 unspecified atom stereocenters. The Hall–Kier alpha value is -1.13. The van der Waals surface area contributed by atoms with E-state index in [1.165, 1.54) is 0 Å². The lowest BCUT2D eigenvalue weighted by Gasteiger charge is -2.11. The lowest BCUT2D eigenvalue weighted by atomic mass is 10.1. The van der Waals surface area contributed by atoms with E-state index >= 15 is 0 Å². The molecule has 104 valence electrons. The highest BCUT2D eigenvalue weighted by molar-refractivity contribution is 5.85. The molecular weight excluding hydrogens is 283 g/mol. The Balaban J connectivity index is 0.00000162. The van der Waals surface area contributed by atoms with Gasteiger partial charge in [-0.25, -0.2) is 0 Å². The minimum absolute atomic E-state index is 0. The molecule has 0 saturated heterocycles. The molecule has 0 radical (unpaired) electrons. The van der Waals surface area contributed by atoms with Crippen molar-refractivity contribution in [2.24, 2.45) is 0 Å². The smallest absolute Gasteiger partial charge is 0.0914 e. The summed E-state index contributed by atoms with van der Waals surface area (Å²) in [4.78, 5) is 4.20. The number of nitrogens with zero attached hydrogens (tertiary/aromatic N) is 1. The summed E-state index contributed by atoms with van der Waals surface area (Å²) in [7, 11) is 0. The number of aromatic nitrogens is 1. The van der Waals surface area contributed by atoms with Gasteiger partial charge in [0.2, 0.25) is 0 Å². The number of nitrogens with one attached hydrogen (secondary N) is 1. The maximum absolute atomic E-state index is 9.92. The predicted molar refractivity (Wildman–Crippen MR) is 81.8 cm³/mol. The SMILES string of the molecule is Cl.Cl.OC(CNCc1ccccn1)c1ccccc1. The first-order valence-electron chi connectivity index (χ1n) is 5.70. The van der Waals surface area contributed by atoms with Crippen molar-refractivity contribution in [2.45, 2.75) is 12.6 Å². The second kappa shape index (κ2) is 9.75. The number of hydrogen-bond donors (Lipinski definition) is 2. The van der Waals surface area contributed by atoms with Gasteiger partial charge < -0.3 is 10.4 Å². The van der Waals surface area contributed by atoms with Crippen LogP contribution in [0.4, 0.5) is 0 Å². The molecule has 0 saturated carbocycles. The summed E-state index contributed by atoms with van der Waals surface area (Å²) in [6.45, 7) is 1.20. The van der Waals surface area contributed by atoms with E-state index in [1.807, 2.05) is 48.5 Å². The first-order chi connectivity index (χ1) is 8.36. The van der Waals surface area contributed by atoms with E-state index in [1.54, 1.807) is 6.20 Å². The summed E-state index contributed by atoms with van der Waals surface area (Å²) in [5, 5.41) is 13.1. The maximum Gasteiger partial charge on any atom is 0.0914 e. The van der Waals surface area contributed by atoms with Gasteiger partial charge >= 0.3 is 0 Å². The zero-order valence-electron chi connectivity index (χ0n) is 10.4. The second-order valence-electron chi connectivity index (χ2n) is 3.88. The van der Waals surface area contributed by atoms with Crippen molar-refractivity contribution >= 4 is 24.8 Å². The highest BCUT2D eigenvalue weighted by atomic mass is 35.5. The van der Waals surface area contributed by atoms with Crippen molar-refractivity contribution in [3.05, 3.63) is 66.0 Å². The van der Waals surface area contributed by atoms with Crippen molar-refractivity contribution in [3.8, 4) is 0 Å². The molecule has 0 amide bonds. The molecule has 3 nitrogen and oxygen atoms in total. The average molecular weight is 301 g/mol. The van der Waals surface area contributed by atoms with E-state index in [0.717, 1.165) is 11.3 Å². The molecule has 0 bridgehead atoms. The molecule has 2 aromatic rings. The second-order valence-corrected chi connectivity index (χ2v) is 3.88. The maximum atomic E-state index is 9.92. The molecule has 5 heteroatoms. The van der Waals surface area contributed by atoms with Crippen LogP contribution in [0.25, 0.3) is 0 Å². The predicted octanol–water partition coefficient (Wildman–Crippen LogP) is 2.75. The fourth-order valence-electron chi connectivity index (χ4n) is 1.63. The summed E-state index contributed by atoms with van der Waals surface area (Å²) in [5.41, 5.74) is 1.91. The molecule has 1 aromatic carbocycles. The molecule has 1 aromatic heterocycles. The summed E-state index contributed by atoms with van der Waals surface area (Å²) in [6, 6.07) is 15.5. The minimum atomic E-state index is -0.472. The van der Waals surface area contributed by atoms with Crippen molar-refractivity contribution in [1.82, 2.24) is 10.3 Å². The Kier molecular flexibility index (Phi) is 9.17. The third kappa shape index (κ3) is 6.03. The number of hydrogen-bond acceptors (Lipinski definition) is 3. The fraction of sp³-hybridized carbons (Fsp3) is 0.214. The highest BCUT2D eigenvalue weighted by Crippen LogP contribution is 2.10.